The molecule has 0 spiro atoms. The highest BCUT2D eigenvalue weighted by atomic mass is 19.1. The van der Waals surface area contributed by atoms with E-state index < -0.39 is 29.7 Å². The maximum absolute atomic E-state index is 13.2. The first-order valence-corrected chi connectivity index (χ1v) is 7.95. The van der Waals surface area contributed by atoms with Gasteiger partial charge in [-0.05, 0) is 23.8 Å². The molecule has 0 saturated carbocycles. The summed E-state index contributed by atoms with van der Waals surface area (Å²) in [6, 6.07) is 6.27. The first kappa shape index (κ1) is 17.6. The fraction of sp³-hybridized carbons (Fsp3) is 0.294. The van der Waals surface area contributed by atoms with Crippen molar-refractivity contribution in [2.75, 3.05) is 20.1 Å². The minimum absolute atomic E-state index is 0.0479. The number of nitrogens with one attached hydrogen (secondary N) is 1. The van der Waals surface area contributed by atoms with E-state index >= 15 is 0 Å². The van der Waals surface area contributed by atoms with E-state index in [4.69, 9.17) is 0 Å². The summed E-state index contributed by atoms with van der Waals surface area (Å²) in [5, 5.41) is 7.05. The number of carbonyl (C=O) groups excluding carboxylic acids is 3. The van der Waals surface area contributed by atoms with Crippen LogP contribution in [0.25, 0.3) is 0 Å². The van der Waals surface area contributed by atoms with Gasteiger partial charge >= 0.3 is 6.03 Å². The Bertz CT molecular complexity index is 848. The van der Waals surface area contributed by atoms with E-state index in [9.17, 15) is 18.8 Å². The molecule has 1 aromatic carbocycles. The molecule has 26 heavy (non-hydrogen) atoms. The third-order valence-electron chi connectivity index (χ3n) is 4.07. The van der Waals surface area contributed by atoms with E-state index in [1.54, 1.807) is 36.1 Å². The van der Waals surface area contributed by atoms with E-state index in [-0.39, 0.29) is 13.1 Å². The summed E-state index contributed by atoms with van der Waals surface area (Å²) in [6.07, 6.45) is 1.72. The smallest absolute Gasteiger partial charge is 0.327 e. The summed E-state index contributed by atoms with van der Waals surface area (Å²) in [5.41, 5.74) is 1.19. The van der Waals surface area contributed by atoms with E-state index in [0.717, 1.165) is 4.90 Å². The number of imide groups is 1. The number of hydrogen-bond acceptors (Lipinski definition) is 4. The standard InChI is InChI=1S/C17H18FN5O3/c1-21-10-15(25)23(17(21)26)9-14(24)19-16(13-7-8-22(2)20-13)11-3-5-12(18)6-4-11/h3-8,16H,9-10H2,1-2H3,(H,19,24). The molecule has 1 unspecified atom stereocenters. The lowest BCUT2D eigenvalue weighted by Crippen LogP contribution is -2.42. The lowest BCUT2D eigenvalue weighted by atomic mass is 10.0. The number of aromatic nitrogens is 2. The van der Waals surface area contributed by atoms with Crippen LogP contribution in [0.5, 0.6) is 0 Å². The summed E-state index contributed by atoms with van der Waals surface area (Å²) in [6.45, 7) is -0.430. The van der Waals surface area contributed by atoms with E-state index in [2.05, 4.69) is 10.4 Å². The Labute approximate surface area is 149 Å². The highest BCUT2D eigenvalue weighted by molar-refractivity contribution is 6.04. The van der Waals surface area contributed by atoms with Crippen LogP contribution in [0.2, 0.25) is 0 Å². The molecule has 9 heteroatoms. The monoisotopic (exact) mass is 359 g/mol. The van der Waals surface area contributed by atoms with E-state index in [1.165, 1.54) is 24.1 Å². The minimum atomic E-state index is -0.630. The van der Waals surface area contributed by atoms with Gasteiger partial charge in [0.15, 0.2) is 0 Å². The van der Waals surface area contributed by atoms with Crippen molar-refractivity contribution in [3.05, 3.63) is 53.6 Å². The summed E-state index contributed by atoms with van der Waals surface area (Å²) < 4.78 is 14.8. The maximum Gasteiger partial charge on any atom is 0.327 e. The number of nitrogens with zero attached hydrogens (tertiary/aromatic N) is 4. The fourth-order valence-corrected chi connectivity index (χ4v) is 2.74. The minimum Gasteiger partial charge on any atom is -0.342 e. The Morgan fingerprint density at radius 3 is 2.46 bits per heavy atom. The molecular weight excluding hydrogens is 341 g/mol. The number of halogens is 1. The van der Waals surface area contributed by atoms with Gasteiger partial charge in [-0.3, -0.25) is 19.2 Å². The second kappa shape index (κ2) is 6.95. The number of likely N-dealkylation sites (N-methyl/N-ethyl adjacent to an activating group) is 1. The quantitative estimate of drug-likeness (QED) is 0.795. The second-order valence-electron chi connectivity index (χ2n) is 6.08. The number of aryl methyl sites for hydroxylation is 1. The first-order valence-electron chi connectivity index (χ1n) is 7.95. The molecule has 0 bridgehead atoms. The van der Waals surface area contributed by atoms with Crippen LogP contribution in [0.4, 0.5) is 9.18 Å². The number of urea groups is 1. The topological polar surface area (TPSA) is 87.5 Å². The number of rotatable bonds is 5. The highest BCUT2D eigenvalue weighted by Crippen LogP contribution is 2.21. The van der Waals surface area contributed by atoms with Gasteiger partial charge in [0.1, 0.15) is 18.9 Å². The number of benzene rings is 1. The predicted molar refractivity (Wildman–Crippen MR) is 89.3 cm³/mol. The summed E-state index contributed by atoms with van der Waals surface area (Å²) in [4.78, 5) is 38.3. The van der Waals surface area contributed by atoms with Crippen molar-refractivity contribution in [1.29, 1.82) is 0 Å². The molecule has 1 N–H and O–H groups in total. The van der Waals surface area contributed by atoms with Crippen molar-refractivity contribution in [3.63, 3.8) is 0 Å². The Kier molecular flexibility index (Phi) is 4.70. The van der Waals surface area contributed by atoms with Crippen molar-refractivity contribution in [1.82, 2.24) is 24.9 Å². The van der Waals surface area contributed by atoms with Crippen LogP contribution < -0.4 is 5.32 Å². The van der Waals surface area contributed by atoms with Crippen molar-refractivity contribution in [2.24, 2.45) is 7.05 Å². The van der Waals surface area contributed by atoms with Gasteiger partial charge in [0.25, 0.3) is 5.91 Å². The van der Waals surface area contributed by atoms with Crippen LogP contribution in [0.15, 0.2) is 36.5 Å². The number of carbonyl (C=O) groups is 3. The number of amides is 4. The van der Waals surface area contributed by atoms with Crippen LogP contribution in [0, 0.1) is 5.82 Å². The highest BCUT2D eigenvalue weighted by Gasteiger charge is 2.35. The van der Waals surface area contributed by atoms with Gasteiger partial charge in [0, 0.05) is 20.3 Å². The molecule has 0 aliphatic carbocycles. The van der Waals surface area contributed by atoms with Gasteiger partial charge in [-0.15, -0.1) is 0 Å². The molecule has 2 aromatic rings. The van der Waals surface area contributed by atoms with Crippen molar-refractivity contribution < 1.29 is 18.8 Å². The zero-order valence-electron chi connectivity index (χ0n) is 14.3. The molecule has 1 saturated heterocycles. The van der Waals surface area contributed by atoms with Gasteiger partial charge in [-0.1, -0.05) is 12.1 Å². The molecule has 1 aliphatic heterocycles. The summed E-state index contributed by atoms with van der Waals surface area (Å²) in [5.74, 6) is -1.33. The van der Waals surface area contributed by atoms with Gasteiger partial charge in [-0.2, -0.15) is 5.10 Å². The third kappa shape index (κ3) is 3.56. The van der Waals surface area contributed by atoms with Gasteiger partial charge in [0.05, 0.1) is 11.7 Å². The molecule has 0 radical (unpaired) electrons. The third-order valence-corrected chi connectivity index (χ3v) is 4.07. The average molecular weight is 359 g/mol. The molecule has 1 atom stereocenters. The number of hydrogen-bond donors (Lipinski definition) is 1. The van der Waals surface area contributed by atoms with Crippen molar-refractivity contribution in [2.45, 2.75) is 6.04 Å². The van der Waals surface area contributed by atoms with Crippen LogP contribution in [0.3, 0.4) is 0 Å². The second-order valence-corrected chi connectivity index (χ2v) is 6.08. The molecule has 3 rings (SSSR count). The van der Waals surface area contributed by atoms with E-state index in [0.29, 0.717) is 11.3 Å². The molecule has 1 aromatic heterocycles. The average Bonchev–Trinajstić information content (AvgIpc) is 3.12. The molecule has 8 nitrogen and oxygen atoms in total. The van der Waals surface area contributed by atoms with E-state index in [1.807, 2.05) is 0 Å². The van der Waals surface area contributed by atoms with Gasteiger partial charge in [0.2, 0.25) is 5.91 Å². The fourth-order valence-electron chi connectivity index (χ4n) is 2.74. The van der Waals surface area contributed by atoms with Crippen LogP contribution >= 0.6 is 0 Å². The lowest BCUT2D eigenvalue weighted by Gasteiger charge is -2.20. The SMILES string of the molecule is CN1CC(=O)N(CC(=O)NC(c2ccc(F)cc2)c2ccn(C)n2)C1=O. The normalized spacial score (nSPS) is 15.5. The molecule has 136 valence electrons. The van der Waals surface area contributed by atoms with Crippen LogP contribution in [-0.4, -0.2) is 57.6 Å². The molecule has 4 amide bonds. The molecule has 1 fully saturated rings. The van der Waals surface area contributed by atoms with Gasteiger partial charge < -0.3 is 10.2 Å². The molecule has 2 heterocycles. The Balaban J connectivity index is 1.79. The predicted octanol–water partition coefficient (Wildman–Crippen LogP) is 0.659. The zero-order valence-corrected chi connectivity index (χ0v) is 14.3. The summed E-state index contributed by atoms with van der Waals surface area (Å²) >= 11 is 0. The molecular formula is C17H18FN5O3. The van der Waals surface area contributed by atoms with Gasteiger partial charge in [-0.25, -0.2) is 9.18 Å². The Hall–Kier alpha value is -3.23. The van der Waals surface area contributed by atoms with Crippen LogP contribution in [0.1, 0.15) is 17.3 Å². The van der Waals surface area contributed by atoms with Crippen molar-refractivity contribution >= 4 is 17.8 Å². The Morgan fingerprint density at radius 1 is 1.23 bits per heavy atom. The van der Waals surface area contributed by atoms with Crippen LogP contribution in [-0.2, 0) is 16.6 Å². The molecule has 1 aliphatic rings. The largest absolute Gasteiger partial charge is 0.342 e. The Morgan fingerprint density at radius 2 is 1.92 bits per heavy atom. The summed E-state index contributed by atoms with van der Waals surface area (Å²) in [7, 11) is 3.23. The lowest BCUT2D eigenvalue weighted by molar-refractivity contribution is -0.130. The maximum atomic E-state index is 13.2. The zero-order chi connectivity index (χ0) is 18.8. The first-order chi connectivity index (χ1) is 12.3. The van der Waals surface area contributed by atoms with Crippen molar-refractivity contribution in [3.8, 4) is 0 Å².